The second kappa shape index (κ2) is 13.1. The van der Waals surface area contributed by atoms with Crippen molar-refractivity contribution in [2.24, 2.45) is 23.7 Å². The van der Waals surface area contributed by atoms with E-state index < -0.39 is 0 Å². The molecule has 2 heteroatoms. The third kappa shape index (κ3) is 7.55. The van der Waals surface area contributed by atoms with E-state index in [-0.39, 0.29) is 0 Å². The van der Waals surface area contributed by atoms with E-state index >= 15 is 0 Å². The molecule has 0 aliphatic heterocycles. The van der Waals surface area contributed by atoms with E-state index in [2.05, 4.69) is 44.2 Å². The summed E-state index contributed by atoms with van der Waals surface area (Å²) < 4.78 is 5.81. The summed E-state index contributed by atoms with van der Waals surface area (Å²) >= 11 is 0. The van der Waals surface area contributed by atoms with E-state index in [4.69, 9.17) is 4.74 Å². The number of ether oxygens (including phenoxy) is 1. The molecule has 2 aliphatic rings. The number of benzene rings is 1. The van der Waals surface area contributed by atoms with Gasteiger partial charge in [0.1, 0.15) is 5.75 Å². The summed E-state index contributed by atoms with van der Waals surface area (Å²) in [5.41, 5.74) is 1.48. The summed E-state index contributed by atoms with van der Waals surface area (Å²) in [5.74, 6) is 4.36. The van der Waals surface area contributed by atoms with Gasteiger partial charge in [-0.3, -0.25) is 0 Å². The molecule has 1 atom stereocenters. The smallest absolute Gasteiger partial charge is 0.119 e. The Bertz CT molecular complexity index is 644. The molecule has 0 heterocycles. The molecular weight excluding hydrogens is 378 g/mol. The zero-order chi connectivity index (χ0) is 21.9. The summed E-state index contributed by atoms with van der Waals surface area (Å²) in [4.78, 5) is 0. The third-order valence-electron chi connectivity index (χ3n) is 8.14. The quantitative estimate of drug-likeness (QED) is 0.333. The maximum absolute atomic E-state index is 9.89. The molecule has 0 saturated heterocycles. The second-order valence-corrected chi connectivity index (χ2v) is 10.4. The summed E-state index contributed by atoms with van der Waals surface area (Å²) in [6.45, 7) is 5.31. The number of nitriles is 1. The molecule has 0 spiro atoms. The van der Waals surface area contributed by atoms with E-state index in [1.54, 1.807) is 0 Å². The van der Waals surface area contributed by atoms with E-state index in [9.17, 15) is 5.26 Å². The molecule has 0 N–H and O–H groups in total. The van der Waals surface area contributed by atoms with Gasteiger partial charge in [0.15, 0.2) is 0 Å². The molecule has 2 saturated carbocycles. The predicted octanol–water partition coefficient (Wildman–Crippen LogP) is 8.67. The van der Waals surface area contributed by atoms with Gasteiger partial charge >= 0.3 is 0 Å². The van der Waals surface area contributed by atoms with E-state index in [0.29, 0.717) is 17.8 Å². The van der Waals surface area contributed by atoms with E-state index in [0.717, 1.165) is 37.0 Å². The monoisotopic (exact) mass is 423 g/mol. The van der Waals surface area contributed by atoms with Crippen molar-refractivity contribution in [3.8, 4) is 11.8 Å². The van der Waals surface area contributed by atoms with E-state index in [1.165, 1.54) is 82.6 Å². The molecule has 172 valence electrons. The van der Waals surface area contributed by atoms with Crippen LogP contribution in [0.25, 0.3) is 0 Å². The summed E-state index contributed by atoms with van der Waals surface area (Å²) in [5, 5.41) is 9.89. The second-order valence-electron chi connectivity index (χ2n) is 10.4. The standard InChI is InChI=1S/C29H45NO/c1-3-5-7-23-8-12-27(13-9-23)28(22-30)21-24-10-14-25(15-11-24)26-16-18-29(19-17-26)31-20-6-4-2/h16-19,23-25,27-28H,3-15,20-21H2,1-2H3/t23-,24-,25-,27-,28?. The minimum atomic E-state index is 0.299. The van der Waals surface area contributed by atoms with Gasteiger partial charge in [-0.05, 0) is 92.7 Å². The van der Waals surface area contributed by atoms with Crippen LogP contribution >= 0.6 is 0 Å². The number of unbranched alkanes of at least 4 members (excludes halogenated alkanes) is 2. The molecule has 3 rings (SSSR count). The van der Waals surface area contributed by atoms with Crippen molar-refractivity contribution in [3.63, 3.8) is 0 Å². The van der Waals surface area contributed by atoms with Crippen molar-refractivity contribution in [2.45, 2.75) is 110 Å². The first kappa shape index (κ1) is 24.2. The molecule has 0 amide bonds. The highest BCUT2D eigenvalue weighted by atomic mass is 16.5. The van der Waals surface area contributed by atoms with Crippen molar-refractivity contribution in [2.75, 3.05) is 6.61 Å². The average Bonchev–Trinajstić information content (AvgIpc) is 2.83. The van der Waals surface area contributed by atoms with Gasteiger partial charge in [0.25, 0.3) is 0 Å². The van der Waals surface area contributed by atoms with Crippen molar-refractivity contribution >= 4 is 0 Å². The van der Waals surface area contributed by atoms with Crippen LogP contribution in [0.5, 0.6) is 5.75 Å². The highest BCUT2D eigenvalue weighted by Crippen LogP contribution is 2.42. The number of rotatable bonds is 11. The van der Waals surface area contributed by atoms with Gasteiger partial charge in [-0.1, -0.05) is 64.5 Å². The normalized spacial score (nSPS) is 27.4. The molecule has 2 aliphatic carbocycles. The predicted molar refractivity (Wildman–Crippen MR) is 130 cm³/mol. The fraction of sp³-hybridized carbons (Fsp3) is 0.759. The van der Waals surface area contributed by atoms with Crippen molar-refractivity contribution < 1.29 is 4.74 Å². The average molecular weight is 424 g/mol. The SMILES string of the molecule is CCCCOc1ccc([C@H]2CC[C@H](CC(C#N)[C@H]3CC[C@H](CCCC)CC3)CC2)cc1. The van der Waals surface area contributed by atoms with Crippen molar-refractivity contribution in [1.29, 1.82) is 5.26 Å². The number of hydrogen-bond donors (Lipinski definition) is 0. The molecule has 1 unspecified atom stereocenters. The van der Waals surface area contributed by atoms with Gasteiger partial charge in [0.05, 0.1) is 12.7 Å². The largest absolute Gasteiger partial charge is 0.494 e. The van der Waals surface area contributed by atoms with Crippen LogP contribution in [0.1, 0.15) is 115 Å². The van der Waals surface area contributed by atoms with Crippen LogP contribution in [-0.4, -0.2) is 6.61 Å². The maximum Gasteiger partial charge on any atom is 0.119 e. The zero-order valence-corrected chi connectivity index (χ0v) is 20.2. The lowest BCUT2D eigenvalue weighted by molar-refractivity contribution is 0.188. The van der Waals surface area contributed by atoms with Crippen molar-refractivity contribution in [1.82, 2.24) is 0 Å². The van der Waals surface area contributed by atoms with E-state index in [1.807, 2.05) is 0 Å². The Morgan fingerprint density at radius 3 is 2.13 bits per heavy atom. The lowest BCUT2D eigenvalue weighted by Crippen LogP contribution is -2.24. The zero-order valence-electron chi connectivity index (χ0n) is 20.2. The topological polar surface area (TPSA) is 33.0 Å². The molecule has 0 bridgehead atoms. The molecule has 0 aromatic heterocycles. The Balaban J connectivity index is 1.40. The summed E-state index contributed by atoms with van der Waals surface area (Å²) in [7, 11) is 0. The highest BCUT2D eigenvalue weighted by Gasteiger charge is 2.31. The van der Waals surface area contributed by atoms with Crippen LogP contribution in [0.15, 0.2) is 24.3 Å². The third-order valence-corrected chi connectivity index (χ3v) is 8.14. The van der Waals surface area contributed by atoms with Gasteiger partial charge in [-0.25, -0.2) is 0 Å². The molecule has 1 aromatic carbocycles. The minimum Gasteiger partial charge on any atom is -0.494 e. The molecule has 2 fully saturated rings. The summed E-state index contributed by atoms with van der Waals surface area (Å²) in [6.07, 6.45) is 18.1. The van der Waals surface area contributed by atoms with Crippen LogP contribution in [-0.2, 0) is 0 Å². The van der Waals surface area contributed by atoms with Crippen LogP contribution in [0.2, 0.25) is 0 Å². The Morgan fingerprint density at radius 2 is 1.52 bits per heavy atom. The Morgan fingerprint density at radius 1 is 0.871 bits per heavy atom. The van der Waals surface area contributed by atoms with Crippen LogP contribution in [0, 0.1) is 35.0 Å². The number of hydrogen-bond acceptors (Lipinski definition) is 2. The van der Waals surface area contributed by atoms with Gasteiger partial charge in [0, 0.05) is 5.92 Å². The molecular formula is C29H45NO. The lowest BCUT2D eigenvalue weighted by Gasteiger charge is -2.34. The Kier molecular flexibility index (Phi) is 10.2. The van der Waals surface area contributed by atoms with Gasteiger partial charge in [-0.15, -0.1) is 0 Å². The first-order valence-corrected chi connectivity index (χ1v) is 13.4. The molecule has 0 radical (unpaired) electrons. The van der Waals surface area contributed by atoms with Gasteiger partial charge in [-0.2, -0.15) is 5.26 Å². The fourth-order valence-electron chi connectivity index (χ4n) is 5.98. The van der Waals surface area contributed by atoms with Crippen LogP contribution < -0.4 is 4.74 Å². The fourth-order valence-corrected chi connectivity index (χ4v) is 5.98. The van der Waals surface area contributed by atoms with Crippen molar-refractivity contribution in [3.05, 3.63) is 29.8 Å². The maximum atomic E-state index is 9.89. The molecule has 1 aromatic rings. The Labute approximate surface area is 191 Å². The summed E-state index contributed by atoms with van der Waals surface area (Å²) in [6, 6.07) is 11.6. The van der Waals surface area contributed by atoms with Gasteiger partial charge < -0.3 is 4.74 Å². The van der Waals surface area contributed by atoms with Crippen LogP contribution in [0.3, 0.4) is 0 Å². The highest BCUT2D eigenvalue weighted by molar-refractivity contribution is 5.29. The Hall–Kier alpha value is -1.49. The lowest BCUT2D eigenvalue weighted by atomic mass is 9.70. The van der Waals surface area contributed by atoms with Crippen LogP contribution in [0.4, 0.5) is 0 Å². The molecule has 31 heavy (non-hydrogen) atoms. The first-order valence-electron chi connectivity index (χ1n) is 13.4. The first-order chi connectivity index (χ1) is 15.2. The molecule has 2 nitrogen and oxygen atoms in total. The van der Waals surface area contributed by atoms with Gasteiger partial charge in [0.2, 0.25) is 0 Å². The minimum absolute atomic E-state index is 0.299. The number of nitrogens with zero attached hydrogens (tertiary/aromatic N) is 1.